The molecule has 37 heavy (non-hydrogen) atoms. The van der Waals surface area contributed by atoms with Gasteiger partial charge in [-0.1, -0.05) is 27.7 Å². The topological polar surface area (TPSA) is 60.9 Å². The van der Waals surface area contributed by atoms with Crippen molar-refractivity contribution in [1.29, 1.82) is 0 Å². The lowest BCUT2D eigenvalue weighted by Crippen LogP contribution is -2.71. The van der Waals surface area contributed by atoms with E-state index in [0.29, 0.717) is 12.0 Å². The van der Waals surface area contributed by atoms with Crippen LogP contribution in [0.1, 0.15) is 36.0 Å². The van der Waals surface area contributed by atoms with Crippen molar-refractivity contribution < 1.29 is 11.0 Å². The maximum Gasteiger partial charge on any atom is 0.224 e. The highest BCUT2D eigenvalue weighted by atomic mass is 32.1. The number of thiophene rings is 1. The number of nitrogens with zero attached hydrogens (tertiary/aromatic N) is 4. The molecule has 204 valence electrons. The van der Waals surface area contributed by atoms with Crippen molar-refractivity contribution in [3.05, 3.63) is 36.4 Å². The Balaban J connectivity index is 0.000000969. The monoisotopic (exact) mass is 527 g/mol. The van der Waals surface area contributed by atoms with Crippen LogP contribution in [0.15, 0.2) is 36.4 Å². The van der Waals surface area contributed by atoms with Crippen molar-refractivity contribution in [2.75, 3.05) is 70.3 Å². The first-order valence-corrected chi connectivity index (χ1v) is 14.2. The molecular weight excluding hydrogens is 482 g/mol. The van der Waals surface area contributed by atoms with Crippen molar-refractivity contribution in [2.24, 2.45) is 5.41 Å². The van der Waals surface area contributed by atoms with Gasteiger partial charge in [-0.15, -0.1) is 11.3 Å². The number of benzene rings is 1. The smallest absolute Gasteiger partial charge is 0.224 e. The van der Waals surface area contributed by atoms with Gasteiger partial charge in [-0.3, -0.25) is 4.79 Å². The van der Waals surface area contributed by atoms with Crippen molar-refractivity contribution in [1.82, 2.24) is 15.2 Å². The first-order valence-electron chi connectivity index (χ1n) is 13.4. The third-order valence-corrected chi connectivity index (χ3v) is 7.85. The number of rotatable bonds is 7. The van der Waals surface area contributed by atoms with Crippen LogP contribution in [0.4, 0.5) is 10.7 Å². The minimum Gasteiger partial charge on any atom is -0.492 e. The summed E-state index contributed by atoms with van der Waals surface area (Å²) in [5.74, 6) is 0.882. The first kappa shape index (κ1) is 28.9. The number of carbonyl (C=O) groups excluding carboxylic acids is 1. The fourth-order valence-electron chi connectivity index (χ4n) is 4.92. The van der Waals surface area contributed by atoms with Gasteiger partial charge in [-0.2, -0.15) is 0 Å². The van der Waals surface area contributed by atoms with Gasteiger partial charge in [0.1, 0.15) is 17.4 Å². The largest absolute Gasteiger partial charge is 0.492 e. The zero-order valence-corrected chi connectivity index (χ0v) is 24.5. The van der Waals surface area contributed by atoms with Crippen LogP contribution >= 0.6 is 11.3 Å². The van der Waals surface area contributed by atoms with Crippen LogP contribution in [0.2, 0.25) is 0 Å². The normalized spacial score (nSPS) is 15.6. The minimum absolute atomic E-state index is 0. The van der Waals surface area contributed by atoms with E-state index in [1.165, 1.54) is 18.8 Å². The highest BCUT2D eigenvalue weighted by Gasteiger charge is 2.50. The van der Waals surface area contributed by atoms with Crippen LogP contribution in [0.5, 0.6) is 5.75 Å². The number of hydrogen-bond donors (Lipinski definition) is 1. The molecule has 2 fully saturated rings. The molecule has 8 heteroatoms. The van der Waals surface area contributed by atoms with E-state index < -0.39 is 0 Å². The molecule has 0 aliphatic carbocycles. The standard InChI is InChI=1S/C25H31N5O2S.2C2H6.H2/c1-17(31)29(4)23-12-21-24(33-23)22(30-15-25(16-30)13-28(3)14-25)11-20(27-21)18-5-7-19(8-6-18)32-10-9-26-2;2*1-2;/h5-8,11-12,26H,9-10,13-16H2,1-4H3;2*1-2H3;1H. The van der Waals surface area contributed by atoms with E-state index in [-0.39, 0.29) is 7.33 Å². The zero-order chi connectivity index (χ0) is 27.2. The molecule has 2 saturated heterocycles. The lowest BCUT2D eigenvalue weighted by Gasteiger charge is -2.60. The summed E-state index contributed by atoms with van der Waals surface area (Å²) in [6, 6.07) is 12.4. The Bertz CT molecular complexity index is 1170. The first-order chi connectivity index (χ1) is 17.9. The predicted octanol–water partition coefficient (Wildman–Crippen LogP) is 5.59. The van der Waals surface area contributed by atoms with Crippen LogP contribution < -0.4 is 19.9 Å². The third-order valence-electron chi connectivity index (χ3n) is 6.62. The van der Waals surface area contributed by atoms with Gasteiger partial charge in [-0.25, -0.2) is 4.98 Å². The molecule has 0 unspecified atom stereocenters. The van der Waals surface area contributed by atoms with Gasteiger partial charge < -0.3 is 24.8 Å². The maximum atomic E-state index is 12.0. The summed E-state index contributed by atoms with van der Waals surface area (Å²) in [5.41, 5.74) is 4.60. The molecule has 5 rings (SSSR count). The molecular formula is C29H45N5O2S. The number of aromatic nitrogens is 1. The number of likely N-dealkylation sites (tertiary alicyclic amines) is 1. The average Bonchev–Trinajstić information content (AvgIpc) is 3.31. The molecule has 2 aliphatic rings. The Labute approximate surface area is 227 Å². The zero-order valence-electron chi connectivity index (χ0n) is 23.7. The van der Waals surface area contributed by atoms with Crippen LogP contribution in [-0.2, 0) is 4.79 Å². The van der Waals surface area contributed by atoms with Crippen LogP contribution in [0.3, 0.4) is 0 Å². The Morgan fingerprint density at radius 2 is 1.78 bits per heavy atom. The second-order valence-electron chi connectivity index (χ2n) is 9.41. The van der Waals surface area contributed by atoms with E-state index in [9.17, 15) is 4.79 Å². The number of carbonyl (C=O) groups is 1. The second kappa shape index (κ2) is 12.7. The summed E-state index contributed by atoms with van der Waals surface area (Å²) in [5, 5.41) is 4.01. The quantitative estimate of drug-likeness (QED) is 0.404. The summed E-state index contributed by atoms with van der Waals surface area (Å²) >= 11 is 1.65. The van der Waals surface area contributed by atoms with E-state index in [1.54, 1.807) is 23.2 Å². The molecule has 2 aliphatic heterocycles. The van der Waals surface area contributed by atoms with Gasteiger partial charge in [0.2, 0.25) is 5.91 Å². The number of hydrogen-bond acceptors (Lipinski definition) is 7. The van der Waals surface area contributed by atoms with E-state index in [0.717, 1.165) is 51.9 Å². The van der Waals surface area contributed by atoms with E-state index >= 15 is 0 Å². The van der Waals surface area contributed by atoms with E-state index in [1.807, 2.05) is 60.0 Å². The number of ether oxygens (including phenoxy) is 1. The van der Waals surface area contributed by atoms with Crippen LogP contribution in [0.25, 0.3) is 21.5 Å². The van der Waals surface area contributed by atoms with Gasteiger partial charge in [0, 0.05) is 59.1 Å². The molecule has 4 heterocycles. The van der Waals surface area contributed by atoms with Gasteiger partial charge >= 0.3 is 0 Å². The van der Waals surface area contributed by atoms with Crippen molar-refractivity contribution in [3.8, 4) is 17.0 Å². The lowest BCUT2D eigenvalue weighted by atomic mass is 9.73. The second-order valence-corrected chi connectivity index (χ2v) is 10.4. The molecule has 0 saturated carbocycles. The summed E-state index contributed by atoms with van der Waals surface area (Å²) in [7, 11) is 5.92. The Hall–Kier alpha value is -2.68. The fraction of sp³-hybridized carbons (Fsp3) is 0.517. The number of nitrogens with one attached hydrogen (secondary N) is 1. The molecule has 1 amide bonds. The predicted molar refractivity (Wildman–Crippen MR) is 161 cm³/mol. The molecule has 0 atom stereocenters. The summed E-state index contributed by atoms with van der Waals surface area (Å²) in [6.07, 6.45) is 0. The van der Waals surface area contributed by atoms with Gasteiger partial charge in [0.15, 0.2) is 0 Å². The van der Waals surface area contributed by atoms with E-state index in [4.69, 9.17) is 9.72 Å². The van der Waals surface area contributed by atoms with Crippen molar-refractivity contribution >= 4 is 38.1 Å². The Kier molecular flexibility index (Phi) is 9.93. The third kappa shape index (κ3) is 6.25. The number of fused-ring (bicyclic) bond motifs is 1. The van der Waals surface area contributed by atoms with Crippen molar-refractivity contribution in [3.63, 3.8) is 0 Å². The Morgan fingerprint density at radius 3 is 2.35 bits per heavy atom. The summed E-state index contributed by atoms with van der Waals surface area (Å²) in [4.78, 5) is 23.5. The summed E-state index contributed by atoms with van der Waals surface area (Å²) in [6.45, 7) is 15.5. The molecule has 0 radical (unpaired) electrons. The fourth-order valence-corrected chi connectivity index (χ4v) is 6.07. The van der Waals surface area contributed by atoms with E-state index in [2.05, 4.69) is 40.4 Å². The molecule has 7 nitrogen and oxygen atoms in total. The highest BCUT2D eigenvalue weighted by molar-refractivity contribution is 7.23. The lowest BCUT2D eigenvalue weighted by molar-refractivity contribution is -0.116. The molecule has 1 aromatic carbocycles. The molecule has 3 aromatic rings. The van der Waals surface area contributed by atoms with Gasteiger partial charge in [0.25, 0.3) is 0 Å². The highest BCUT2D eigenvalue weighted by Crippen LogP contribution is 2.46. The van der Waals surface area contributed by atoms with Crippen molar-refractivity contribution in [2.45, 2.75) is 34.6 Å². The maximum absolute atomic E-state index is 12.0. The molecule has 1 spiro atoms. The van der Waals surface area contributed by atoms with Crippen LogP contribution in [-0.4, -0.2) is 76.3 Å². The number of pyridine rings is 1. The Morgan fingerprint density at radius 1 is 1.14 bits per heavy atom. The molecule has 1 N–H and O–H groups in total. The minimum atomic E-state index is 0. The average molecular weight is 528 g/mol. The SMILES string of the molecule is CC.CC.CNCCOc1ccc(-c2cc(N3CC4(CN(C)C4)C3)c3sc(N(C)C(C)=O)cc3n2)cc1.[HH]. The number of anilines is 2. The summed E-state index contributed by atoms with van der Waals surface area (Å²) < 4.78 is 6.92. The van der Waals surface area contributed by atoms with Gasteiger partial charge in [-0.05, 0) is 50.5 Å². The number of likely N-dealkylation sites (N-methyl/N-ethyl adjacent to an activating group) is 1. The number of amides is 1. The molecule has 0 bridgehead atoms. The van der Waals surface area contributed by atoms with Gasteiger partial charge in [0.05, 0.1) is 21.6 Å². The van der Waals surface area contributed by atoms with Crippen LogP contribution in [0, 0.1) is 5.41 Å². The molecule has 2 aromatic heterocycles.